The van der Waals surface area contributed by atoms with Crippen LogP contribution in [0.4, 0.5) is 10.3 Å². The van der Waals surface area contributed by atoms with E-state index >= 15 is 0 Å². The van der Waals surface area contributed by atoms with Crippen LogP contribution in [0.1, 0.15) is 53.8 Å². The van der Waals surface area contributed by atoms with Gasteiger partial charge in [-0.3, -0.25) is 4.90 Å². The largest absolute Gasteiger partial charge is 0.461 e. The molecular formula is C31H37FN7O2PS2. The molecule has 0 bridgehead atoms. The summed E-state index contributed by atoms with van der Waals surface area (Å²) in [7, 11) is -0.433. The van der Waals surface area contributed by atoms with Crippen molar-refractivity contribution in [3.05, 3.63) is 45.8 Å². The molecule has 3 aromatic rings. The van der Waals surface area contributed by atoms with E-state index in [1.54, 1.807) is 24.7 Å². The summed E-state index contributed by atoms with van der Waals surface area (Å²) >= 11 is 3.49. The van der Waals surface area contributed by atoms with Gasteiger partial charge in [-0.05, 0) is 45.2 Å². The van der Waals surface area contributed by atoms with Crippen LogP contribution in [0.15, 0.2) is 24.3 Å². The van der Waals surface area contributed by atoms with Crippen molar-refractivity contribution in [2.45, 2.75) is 54.4 Å². The molecule has 1 aromatic carbocycles. The number of anilines is 1. The number of nitrogens with zero attached hydrogens (tertiary/aromatic N) is 6. The predicted molar refractivity (Wildman–Crippen MR) is 175 cm³/mol. The quantitative estimate of drug-likeness (QED) is 0.337. The third-order valence-electron chi connectivity index (χ3n) is 9.78. The molecule has 44 heavy (non-hydrogen) atoms. The molecule has 1 spiro atoms. The lowest BCUT2D eigenvalue weighted by molar-refractivity contribution is 0.107. The van der Waals surface area contributed by atoms with E-state index in [-0.39, 0.29) is 22.3 Å². The zero-order chi connectivity index (χ0) is 30.9. The standard InChI is InChI=1S/C31H37FN7O2PS2/c1-19(20-6-8-22(9-7-20)42(3,4)40)38(2)28-35-27(26-23(13-33)25-24(44-26)15-43-31(25)16-34-17-31)36-29(37-28)41-18-30-10-5-11-39(30)14-21(32)12-30/h6-9,19,21,34H,5,10-12,14-18H2,1-4H3/t19-,21-,30+/m1/s1. The van der Waals surface area contributed by atoms with Crippen molar-refractivity contribution < 1.29 is 13.7 Å². The third-order valence-corrected chi connectivity index (χ3v) is 14.2. The number of rotatable bonds is 8. The lowest BCUT2D eigenvalue weighted by Crippen LogP contribution is -2.53. The molecule has 3 fully saturated rings. The van der Waals surface area contributed by atoms with Gasteiger partial charge in [-0.15, -0.1) is 23.1 Å². The van der Waals surface area contributed by atoms with Gasteiger partial charge in [0.2, 0.25) is 5.95 Å². The van der Waals surface area contributed by atoms with Crippen molar-refractivity contribution in [2.75, 3.05) is 58.1 Å². The van der Waals surface area contributed by atoms with Crippen LogP contribution in [0.3, 0.4) is 0 Å². The molecule has 9 nitrogen and oxygen atoms in total. The van der Waals surface area contributed by atoms with Gasteiger partial charge < -0.3 is 19.5 Å². The second-order valence-electron chi connectivity index (χ2n) is 12.9. The number of alkyl halides is 1. The Bertz CT molecular complexity index is 1690. The van der Waals surface area contributed by atoms with Gasteiger partial charge in [0.15, 0.2) is 5.82 Å². The van der Waals surface area contributed by atoms with Crippen molar-refractivity contribution in [3.63, 3.8) is 0 Å². The molecular weight excluding hydrogens is 616 g/mol. The Kier molecular flexibility index (Phi) is 7.57. The molecule has 0 radical (unpaired) electrons. The van der Waals surface area contributed by atoms with Gasteiger partial charge in [-0.1, -0.05) is 24.3 Å². The van der Waals surface area contributed by atoms with Crippen molar-refractivity contribution >= 4 is 41.5 Å². The summed E-state index contributed by atoms with van der Waals surface area (Å²) in [6.07, 6.45) is 1.51. The number of hydrogen-bond acceptors (Lipinski definition) is 11. The van der Waals surface area contributed by atoms with Crippen molar-refractivity contribution in [1.29, 1.82) is 5.26 Å². The fourth-order valence-corrected chi connectivity index (χ4v) is 10.8. The second-order valence-corrected chi connectivity index (χ2v) is 18.6. The smallest absolute Gasteiger partial charge is 0.321 e. The minimum Gasteiger partial charge on any atom is -0.461 e. The third kappa shape index (κ3) is 5.05. The Morgan fingerprint density at radius 3 is 2.73 bits per heavy atom. The first-order valence-electron chi connectivity index (χ1n) is 15.1. The summed E-state index contributed by atoms with van der Waals surface area (Å²) in [5.74, 6) is 1.73. The zero-order valence-electron chi connectivity index (χ0n) is 25.5. The molecule has 0 unspecified atom stereocenters. The van der Waals surface area contributed by atoms with Crippen LogP contribution in [0.2, 0.25) is 0 Å². The number of hydrogen-bond donors (Lipinski definition) is 1. The highest BCUT2D eigenvalue weighted by Crippen LogP contribution is 2.56. The van der Waals surface area contributed by atoms with E-state index in [0.29, 0.717) is 36.9 Å². The first-order valence-corrected chi connectivity index (χ1v) is 19.5. The molecule has 7 rings (SSSR count). The van der Waals surface area contributed by atoms with Gasteiger partial charge >= 0.3 is 6.01 Å². The zero-order valence-corrected chi connectivity index (χ0v) is 28.0. The fourth-order valence-electron chi connectivity index (χ4n) is 7.06. The highest BCUT2D eigenvalue weighted by molar-refractivity contribution is 8.00. The number of nitriles is 1. The number of thiophene rings is 1. The van der Waals surface area contributed by atoms with Crippen LogP contribution >= 0.6 is 30.2 Å². The van der Waals surface area contributed by atoms with Crippen LogP contribution in [0.25, 0.3) is 10.7 Å². The minimum atomic E-state index is -2.36. The topological polar surface area (TPSA) is 107 Å². The Hall–Kier alpha value is -2.55. The Labute approximate surface area is 266 Å². The average molecular weight is 654 g/mol. The summed E-state index contributed by atoms with van der Waals surface area (Å²) in [6, 6.07) is 10.4. The van der Waals surface area contributed by atoms with Gasteiger partial charge in [0.25, 0.3) is 0 Å². The first-order chi connectivity index (χ1) is 21.0. The van der Waals surface area contributed by atoms with Crippen LogP contribution in [0, 0.1) is 11.3 Å². The normalized spacial score (nSPS) is 24.5. The Morgan fingerprint density at radius 1 is 1.27 bits per heavy atom. The Morgan fingerprint density at radius 2 is 2.05 bits per heavy atom. The first kappa shape index (κ1) is 30.1. The van der Waals surface area contributed by atoms with E-state index in [4.69, 9.17) is 19.7 Å². The monoisotopic (exact) mass is 653 g/mol. The van der Waals surface area contributed by atoms with Gasteiger partial charge in [0.05, 0.1) is 26.8 Å². The van der Waals surface area contributed by atoms with Crippen molar-refractivity contribution in [1.82, 2.24) is 25.2 Å². The van der Waals surface area contributed by atoms with E-state index in [2.05, 4.69) is 23.2 Å². The maximum atomic E-state index is 14.5. The molecule has 0 saturated carbocycles. The molecule has 1 N–H and O–H groups in total. The summed E-state index contributed by atoms with van der Waals surface area (Å²) < 4.78 is 33.3. The molecule has 2 aromatic heterocycles. The van der Waals surface area contributed by atoms with Gasteiger partial charge in [-0.2, -0.15) is 20.2 Å². The number of benzene rings is 1. The highest BCUT2D eigenvalue weighted by Gasteiger charge is 2.50. The van der Waals surface area contributed by atoms with Crippen LogP contribution in [0.5, 0.6) is 6.01 Å². The van der Waals surface area contributed by atoms with Crippen molar-refractivity contribution in [3.8, 4) is 22.8 Å². The Balaban J connectivity index is 1.25. The van der Waals surface area contributed by atoms with E-state index in [9.17, 15) is 14.2 Å². The summed E-state index contributed by atoms with van der Waals surface area (Å²) in [6.45, 7) is 8.95. The molecule has 3 atom stereocenters. The molecule has 0 aliphatic carbocycles. The number of fused-ring (bicyclic) bond motifs is 3. The molecule has 3 saturated heterocycles. The number of aromatic nitrogens is 3. The molecule has 4 aliphatic heterocycles. The van der Waals surface area contributed by atoms with E-state index < -0.39 is 13.3 Å². The summed E-state index contributed by atoms with van der Waals surface area (Å²) in [4.78, 5) is 20.6. The van der Waals surface area contributed by atoms with Gasteiger partial charge in [-0.25, -0.2) is 4.39 Å². The molecule has 232 valence electrons. The van der Waals surface area contributed by atoms with E-state index in [1.807, 2.05) is 48.0 Å². The highest BCUT2D eigenvalue weighted by atomic mass is 32.2. The molecule has 6 heterocycles. The van der Waals surface area contributed by atoms with Gasteiger partial charge in [0, 0.05) is 54.6 Å². The van der Waals surface area contributed by atoms with Crippen LogP contribution in [-0.4, -0.2) is 84.7 Å². The predicted octanol–water partition coefficient (Wildman–Crippen LogP) is 4.92. The SMILES string of the molecule is C[C@H](c1ccc(P(C)(C)=O)cc1)N(C)c1nc(OC[C@@]23CCCN2C[C@H](F)C3)nc(-c2sc3c(c2C#N)C2(CNC2)SC3)n1. The second kappa shape index (κ2) is 11.1. The van der Waals surface area contributed by atoms with Crippen LogP contribution < -0.4 is 20.3 Å². The van der Waals surface area contributed by atoms with E-state index in [0.717, 1.165) is 59.5 Å². The van der Waals surface area contributed by atoms with Gasteiger partial charge in [0.1, 0.15) is 26.0 Å². The minimum absolute atomic E-state index is 0.0563. The maximum absolute atomic E-state index is 14.5. The number of halogens is 1. The summed E-state index contributed by atoms with van der Waals surface area (Å²) in [5.41, 5.74) is 2.46. The number of thioether (sulfide) groups is 1. The maximum Gasteiger partial charge on any atom is 0.321 e. The van der Waals surface area contributed by atoms with E-state index in [1.165, 1.54) is 4.88 Å². The molecule has 0 amide bonds. The molecule has 13 heteroatoms. The van der Waals surface area contributed by atoms with Crippen LogP contribution in [-0.2, 0) is 15.1 Å². The lowest BCUT2D eigenvalue weighted by atomic mass is 9.89. The fraction of sp³-hybridized carbons (Fsp3) is 0.548. The molecule has 4 aliphatic rings. The summed E-state index contributed by atoms with van der Waals surface area (Å²) in [5, 5.41) is 14.6. The van der Waals surface area contributed by atoms with Crippen molar-refractivity contribution in [2.24, 2.45) is 0 Å². The lowest BCUT2D eigenvalue weighted by Gasteiger charge is -2.39. The average Bonchev–Trinajstić information content (AvgIpc) is 3.72. The number of nitrogens with one attached hydrogen (secondary N) is 1. The number of ether oxygens (including phenoxy) is 1.